The molecule has 1 heterocycles. The first kappa shape index (κ1) is 12.7. The summed E-state index contributed by atoms with van der Waals surface area (Å²) in [7, 11) is 1.99. The molecule has 1 aromatic rings. The SMILES string of the molecule is CCCN(CC)Cc1ccc(CNC)s1. The first-order chi connectivity index (χ1) is 7.30. The van der Waals surface area contributed by atoms with Crippen LogP contribution in [0, 0.1) is 0 Å². The van der Waals surface area contributed by atoms with Crippen LogP contribution in [0.1, 0.15) is 30.0 Å². The van der Waals surface area contributed by atoms with Crippen molar-refractivity contribution < 1.29 is 0 Å². The third-order valence-electron chi connectivity index (χ3n) is 2.43. The van der Waals surface area contributed by atoms with Crippen molar-refractivity contribution in [2.24, 2.45) is 0 Å². The van der Waals surface area contributed by atoms with Crippen molar-refractivity contribution in [3.05, 3.63) is 21.9 Å². The predicted octanol–water partition coefficient (Wildman–Crippen LogP) is 2.70. The van der Waals surface area contributed by atoms with Crippen LogP contribution in [0.5, 0.6) is 0 Å². The fourth-order valence-electron chi connectivity index (χ4n) is 1.66. The van der Waals surface area contributed by atoms with E-state index < -0.39 is 0 Å². The Hall–Kier alpha value is -0.380. The molecule has 3 heteroatoms. The van der Waals surface area contributed by atoms with E-state index in [9.17, 15) is 0 Å². The molecule has 0 aliphatic rings. The van der Waals surface area contributed by atoms with Crippen LogP contribution in [0.3, 0.4) is 0 Å². The third-order valence-corrected chi connectivity index (χ3v) is 3.50. The van der Waals surface area contributed by atoms with Crippen molar-refractivity contribution in [2.45, 2.75) is 33.4 Å². The summed E-state index contributed by atoms with van der Waals surface area (Å²) in [5, 5.41) is 3.19. The Morgan fingerprint density at radius 2 is 2.00 bits per heavy atom. The molecule has 1 aromatic heterocycles. The molecule has 86 valence electrons. The first-order valence-corrected chi connectivity index (χ1v) is 6.56. The van der Waals surface area contributed by atoms with Crippen molar-refractivity contribution in [3.63, 3.8) is 0 Å². The zero-order valence-corrected chi connectivity index (χ0v) is 10.9. The van der Waals surface area contributed by atoms with E-state index in [1.165, 1.54) is 22.7 Å². The highest BCUT2D eigenvalue weighted by Crippen LogP contribution is 2.18. The zero-order chi connectivity index (χ0) is 11.1. The van der Waals surface area contributed by atoms with Gasteiger partial charge in [-0.25, -0.2) is 0 Å². The van der Waals surface area contributed by atoms with Crippen LogP contribution in [-0.2, 0) is 13.1 Å². The van der Waals surface area contributed by atoms with Gasteiger partial charge < -0.3 is 5.32 Å². The summed E-state index contributed by atoms with van der Waals surface area (Å²) in [5.41, 5.74) is 0. The standard InChI is InChI=1S/C12H22N2S/c1-4-8-14(5-2)10-12-7-6-11(15-12)9-13-3/h6-7,13H,4-5,8-10H2,1-3H3. The van der Waals surface area contributed by atoms with Crippen LogP contribution in [0.15, 0.2) is 12.1 Å². The highest BCUT2D eigenvalue weighted by molar-refractivity contribution is 7.11. The highest BCUT2D eigenvalue weighted by atomic mass is 32.1. The van der Waals surface area contributed by atoms with E-state index in [1.807, 2.05) is 18.4 Å². The molecule has 0 bridgehead atoms. The maximum absolute atomic E-state index is 3.19. The smallest absolute Gasteiger partial charge is 0.0327 e. The van der Waals surface area contributed by atoms with Gasteiger partial charge in [-0.15, -0.1) is 11.3 Å². The Balaban J connectivity index is 2.47. The van der Waals surface area contributed by atoms with Crippen molar-refractivity contribution in [1.29, 1.82) is 0 Å². The van der Waals surface area contributed by atoms with Crippen LogP contribution >= 0.6 is 11.3 Å². The predicted molar refractivity (Wildman–Crippen MR) is 68.3 cm³/mol. The lowest BCUT2D eigenvalue weighted by Crippen LogP contribution is -2.22. The molecule has 0 radical (unpaired) electrons. The largest absolute Gasteiger partial charge is 0.315 e. The Morgan fingerprint density at radius 1 is 1.27 bits per heavy atom. The monoisotopic (exact) mass is 226 g/mol. The zero-order valence-electron chi connectivity index (χ0n) is 10.0. The van der Waals surface area contributed by atoms with Crippen LogP contribution in [0.4, 0.5) is 0 Å². The topological polar surface area (TPSA) is 15.3 Å². The molecule has 0 aromatic carbocycles. The molecular weight excluding hydrogens is 204 g/mol. The van der Waals surface area contributed by atoms with Crippen LogP contribution in [-0.4, -0.2) is 25.0 Å². The van der Waals surface area contributed by atoms with E-state index in [4.69, 9.17) is 0 Å². The molecular formula is C12H22N2S. The maximum Gasteiger partial charge on any atom is 0.0327 e. The summed E-state index contributed by atoms with van der Waals surface area (Å²) in [5.74, 6) is 0. The van der Waals surface area contributed by atoms with Crippen molar-refractivity contribution in [1.82, 2.24) is 10.2 Å². The number of thiophene rings is 1. The van der Waals surface area contributed by atoms with Crippen molar-refractivity contribution >= 4 is 11.3 Å². The van der Waals surface area contributed by atoms with E-state index in [0.29, 0.717) is 0 Å². The van der Waals surface area contributed by atoms with Gasteiger partial charge in [0.2, 0.25) is 0 Å². The Morgan fingerprint density at radius 3 is 2.60 bits per heavy atom. The fraction of sp³-hybridized carbons (Fsp3) is 0.667. The van der Waals surface area contributed by atoms with Crippen LogP contribution in [0.25, 0.3) is 0 Å². The second-order valence-corrected chi connectivity index (χ2v) is 5.02. The lowest BCUT2D eigenvalue weighted by molar-refractivity contribution is 0.283. The molecule has 0 spiro atoms. The van der Waals surface area contributed by atoms with Gasteiger partial charge in [0.1, 0.15) is 0 Å². The van der Waals surface area contributed by atoms with Gasteiger partial charge in [0, 0.05) is 22.8 Å². The number of hydrogen-bond acceptors (Lipinski definition) is 3. The second-order valence-electron chi connectivity index (χ2n) is 3.77. The van der Waals surface area contributed by atoms with Gasteiger partial charge in [-0.3, -0.25) is 4.90 Å². The van der Waals surface area contributed by atoms with E-state index >= 15 is 0 Å². The van der Waals surface area contributed by atoms with E-state index in [1.54, 1.807) is 0 Å². The molecule has 0 aliphatic carbocycles. The fourth-order valence-corrected chi connectivity index (χ4v) is 2.73. The number of nitrogens with one attached hydrogen (secondary N) is 1. The van der Waals surface area contributed by atoms with Crippen molar-refractivity contribution in [2.75, 3.05) is 20.1 Å². The molecule has 0 fully saturated rings. The van der Waals surface area contributed by atoms with Gasteiger partial charge >= 0.3 is 0 Å². The van der Waals surface area contributed by atoms with E-state index in [2.05, 4.69) is 36.2 Å². The minimum Gasteiger partial charge on any atom is -0.315 e. The highest BCUT2D eigenvalue weighted by Gasteiger charge is 2.04. The molecule has 2 nitrogen and oxygen atoms in total. The molecule has 0 saturated heterocycles. The molecule has 0 amide bonds. The Kier molecular flexibility index (Phi) is 5.91. The molecule has 1 rings (SSSR count). The molecule has 0 atom stereocenters. The first-order valence-electron chi connectivity index (χ1n) is 5.74. The quantitative estimate of drug-likeness (QED) is 0.769. The maximum atomic E-state index is 3.19. The number of rotatable bonds is 7. The lowest BCUT2D eigenvalue weighted by atomic mass is 10.3. The second kappa shape index (κ2) is 6.99. The minimum absolute atomic E-state index is 0.991. The van der Waals surface area contributed by atoms with E-state index in [0.717, 1.165) is 19.6 Å². The van der Waals surface area contributed by atoms with Crippen molar-refractivity contribution in [3.8, 4) is 0 Å². The third kappa shape index (κ3) is 4.33. The van der Waals surface area contributed by atoms with Crippen LogP contribution in [0.2, 0.25) is 0 Å². The summed E-state index contributed by atoms with van der Waals surface area (Å²) in [4.78, 5) is 5.41. The van der Waals surface area contributed by atoms with Gasteiger partial charge in [-0.1, -0.05) is 13.8 Å². The summed E-state index contributed by atoms with van der Waals surface area (Å²) in [6.45, 7) is 8.92. The normalized spacial score (nSPS) is 11.2. The number of hydrogen-bond donors (Lipinski definition) is 1. The Bertz CT molecular complexity index is 270. The van der Waals surface area contributed by atoms with Crippen LogP contribution < -0.4 is 5.32 Å². The van der Waals surface area contributed by atoms with Gasteiger partial charge in [0.15, 0.2) is 0 Å². The van der Waals surface area contributed by atoms with Gasteiger partial charge in [0.25, 0.3) is 0 Å². The molecule has 15 heavy (non-hydrogen) atoms. The molecule has 0 aliphatic heterocycles. The van der Waals surface area contributed by atoms with E-state index in [-0.39, 0.29) is 0 Å². The summed E-state index contributed by atoms with van der Waals surface area (Å²) < 4.78 is 0. The molecule has 1 N–H and O–H groups in total. The average molecular weight is 226 g/mol. The number of nitrogens with zero attached hydrogens (tertiary/aromatic N) is 1. The summed E-state index contributed by atoms with van der Waals surface area (Å²) >= 11 is 1.92. The lowest BCUT2D eigenvalue weighted by Gasteiger charge is -2.18. The molecule has 0 unspecified atom stereocenters. The van der Waals surface area contributed by atoms with Gasteiger partial charge in [0.05, 0.1) is 0 Å². The van der Waals surface area contributed by atoms with Gasteiger partial charge in [-0.05, 0) is 38.7 Å². The average Bonchev–Trinajstić information content (AvgIpc) is 2.66. The summed E-state index contributed by atoms with van der Waals surface area (Å²) in [6.07, 6.45) is 1.24. The Labute approximate surface area is 97.3 Å². The molecule has 0 saturated carbocycles. The summed E-state index contributed by atoms with van der Waals surface area (Å²) in [6, 6.07) is 4.49. The minimum atomic E-state index is 0.991. The van der Waals surface area contributed by atoms with Gasteiger partial charge in [-0.2, -0.15) is 0 Å².